The van der Waals surface area contributed by atoms with E-state index in [1.807, 2.05) is 6.92 Å². The lowest BCUT2D eigenvalue weighted by atomic mass is 10.2. The molecule has 5 nitrogen and oxygen atoms in total. The van der Waals surface area contributed by atoms with Gasteiger partial charge in [-0.1, -0.05) is 12.1 Å². The molecule has 0 aliphatic carbocycles. The first kappa shape index (κ1) is 12.2. The molecule has 0 saturated heterocycles. The van der Waals surface area contributed by atoms with Crippen molar-refractivity contribution in [2.45, 2.75) is 13.5 Å². The first-order valence-corrected chi connectivity index (χ1v) is 5.62. The van der Waals surface area contributed by atoms with E-state index in [0.717, 1.165) is 11.3 Å². The average Bonchev–Trinajstić information content (AvgIpc) is 2.69. The molecule has 0 aliphatic rings. The van der Waals surface area contributed by atoms with Crippen LogP contribution in [0.1, 0.15) is 21.6 Å². The molecule has 0 saturated carbocycles. The predicted octanol–water partition coefficient (Wildman–Crippen LogP) is 1.36. The second-order valence-electron chi connectivity index (χ2n) is 4.12. The Morgan fingerprint density at radius 2 is 2.06 bits per heavy atom. The number of amides is 1. The predicted molar refractivity (Wildman–Crippen MR) is 67.2 cm³/mol. The van der Waals surface area contributed by atoms with Gasteiger partial charge in [-0.2, -0.15) is 5.10 Å². The Balaban J connectivity index is 2.00. The Kier molecular flexibility index (Phi) is 3.32. The molecular formula is C13H15N3O2. The lowest BCUT2D eigenvalue weighted by molar-refractivity contribution is 0.0950. The van der Waals surface area contributed by atoms with Crippen molar-refractivity contribution in [2.24, 2.45) is 7.05 Å². The maximum Gasteiger partial charge on any atom is 0.255 e. The van der Waals surface area contributed by atoms with Crippen LogP contribution in [0, 0.1) is 6.92 Å². The Labute approximate surface area is 105 Å². The van der Waals surface area contributed by atoms with E-state index >= 15 is 0 Å². The highest BCUT2D eigenvalue weighted by Gasteiger charge is 2.11. The van der Waals surface area contributed by atoms with Crippen LogP contribution in [0.3, 0.4) is 0 Å². The number of rotatable bonds is 3. The van der Waals surface area contributed by atoms with Gasteiger partial charge in [0, 0.05) is 19.3 Å². The third-order valence-corrected chi connectivity index (χ3v) is 2.87. The zero-order chi connectivity index (χ0) is 13.1. The van der Waals surface area contributed by atoms with Gasteiger partial charge in [0.05, 0.1) is 11.8 Å². The van der Waals surface area contributed by atoms with E-state index < -0.39 is 0 Å². The molecule has 5 heteroatoms. The van der Waals surface area contributed by atoms with Crippen molar-refractivity contribution < 1.29 is 9.90 Å². The molecule has 0 spiro atoms. The number of carbonyl (C=O) groups is 1. The molecule has 18 heavy (non-hydrogen) atoms. The van der Waals surface area contributed by atoms with Gasteiger partial charge < -0.3 is 10.4 Å². The van der Waals surface area contributed by atoms with Crippen LogP contribution >= 0.6 is 0 Å². The lowest BCUT2D eigenvalue weighted by Gasteiger charge is -2.05. The van der Waals surface area contributed by atoms with E-state index in [1.165, 1.54) is 0 Å². The fraction of sp³-hybridized carbons (Fsp3) is 0.231. The number of nitrogens with one attached hydrogen (secondary N) is 1. The topological polar surface area (TPSA) is 67.2 Å². The van der Waals surface area contributed by atoms with Crippen LogP contribution in [0.25, 0.3) is 0 Å². The smallest absolute Gasteiger partial charge is 0.255 e. The number of aryl methyl sites for hydroxylation is 1. The standard InChI is InChI=1S/C13H15N3O2/c1-9-12(8-15-16(9)2)13(18)14-7-10-3-5-11(17)6-4-10/h3-6,8,17H,7H2,1-2H3,(H,14,18). The van der Waals surface area contributed by atoms with Crippen molar-refractivity contribution in [3.8, 4) is 5.75 Å². The molecule has 0 radical (unpaired) electrons. The summed E-state index contributed by atoms with van der Waals surface area (Å²) < 4.78 is 1.66. The van der Waals surface area contributed by atoms with Gasteiger partial charge in [0.2, 0.25) is 0 Å². The monoisotopic (exact) mass is 245 g/mol. The summed E-state index contributed by atoms with van der Waals surface area (Å²) in [6, 6.07) is 6.73. The van der Waals surface area contributed by atoms with Gasteiger partial charge in [0.25, 0.3) is 5.91 Å². The third kappa shape index (κ3) is 2.51. The number of phenols is 1. The Morgan fingerprint density at radius 3 is 2.61 bits per heavy atom. The molecule has 0 atom stereocenters. The Morgan fingerprint density at radius 1 is 1.39 bits per heavy atom. The quantitative estimate of drug-likeness (QED) is 0.858. The zero-order valence-electron chi connectivity index (χ0n) is 10.3. The Hall–Kier alpha value is -2.30. The summed E-state index contributed by atoms with van der Waals surface area (Å²) in [6.45, 7) is 2.27. The molecular weight excluding hydrogens is 230 g/mol. The highest BCUT2D eigenvalue weighted by Crippen LogP contribution is 2.10. The molecule has 1 aromatic carbocycles. The molecule has 1 heterocycles. The van der Waals surface area contributed by atoms with E-state index in [0.29, 0.717) is 12.1 Å². The molecule has 0 bridgehead atoms. The van der Waals surface area contributed by atoms with Crippen LogP contribution in [-0.4, -0.2) is 20.8 Å². The van der Waals surface area contributed by atoms with Crippen molar-refractivity contribution in [2.75, 3.05) is 0 Å². The summed E-state index contributed by atoms with van der Waals surface area (Å²) in [4.78, 5) is 11.9. The molecule has 2 aromatic rings. The minimum atomic E-state index is -0.145. The highest BCUT2D eigenvalue weighted by molar-refractivity contribution is 5.94. The third-order valence-electron chi connectivity index (χ3n) is 2.87. The minimum Gasteiger partial charge on any atom is -0.508 e. The van der Waals surface area contributed by atoms with Gasteiger partial charge in [0.15, 0.2) is 0 Å². The minimum absolute atomic E-state index is 0.145. The number of benzene rings is 1. The summed E-state index contributed by atoms with van der Waals surface area (Å²) in [6.07, 6.45) is 1.56. The number of carbonyl (C=O) groups excluding carboxylic acids is 1. The van der Waals surface area contributed by atoms with E-state index in [4.69, 9.17) is 5.11 Å². The first-order chi connectivity index (χ1) is 8.58. The second-order valence-corrected chi connectivity index (χ2v) is 4.12. The lowest BCUT2D eigenvalue weighted by Crippen LogP contribution is -2.23. The number of aromatic nitrogens is 2. The van der Waals surface area contributed by atoms with Gasteiger partial charge in [-0.15, -0.1) is 0 Å². The average molecular weight is 245 g/mol. The number of phenolic OH excluding ortho intramolecular Hbond substituents is 1. The summed E-state index contributed by atoms with van der Waals surface area (Å²) in [5.74, 6) is 0.0712. The summed E-state index contributed by atoms with van der Waals surface area (Å²) >= 11 is 0. The van der Waals surface area contributed by atoms with E-state index in [-0.39, 0.29) is 11.7 Å². The van der Waals surface area contributed by atoms with Crippen LogP contribution in [0.2, 0.25) is 0 Å². The summed E-state index contributed by atoms with van der Waals surface area (Å²) in [5, 5.41) is 16.0. The van der Waals surface area contributed by atoms with Crippen LogP contribution in [-0.2, 0) is 13.6 Å². The summed E-state index contributed by atoms with van der Waals surface area (Å²) in [7, 11) is 1.80. The molecule has 1 amide bonds. The summed E-state index contributed by atoms with van der Waals surface area (Å²) in [5.41, 5.74) is 2.34. The highest BCUT2D eigenvalue weighted by atomic mass is 16.3. The maximum absolute atomic E-state index is 11.9. The molecule has 2 rings (SSSR count). The normalized spacial score (nSPS) is 10.3. The van der Waals surface area contributed by atoms with E-state index in [1.54, 1.807) is 42.2 Å². The molecule has 1 aromatic heterocycles. The largest absolute Gasteiger partial charge is 0.508 e. The van der Waals surface area contributed by atoms with Gasteiger partial charge in [0.1, 0.15) is 5.75 Å². The maximum atomic E-state index is 11.9. The Bertz CT molecular complexity index is 558. The van der Waals surface area contributed by atoms with Gasteiger partial charge in [-0.3, -0.25) is 9.48 Å². The number of hydrogen-bond donors (Lipinski definition) is 2. The second kappa shape index (κ2) is 4.91. The van der Waals surface area contributed by atoms with E-state index in [9.17, 15) is 4.79 Å². The van der Waals surface area contributed by atoms with Crippen molar-refractivity contribution >= 4 is 5.91 Å². The van der Waals surface area contributed by atoms with Crippen molar-refractivity contribution in [3.05, 3.63) is 47.3 Å². The van der Waals surface area contributed by atoms with Crippen molar-refractivity contribution in [1.29, 1.82) is 0 Å². The molecule has 0 fully saturated rings. The number of hydrogen-bond acceptors (Lipinski definition) is 3. The number of aromatic hydroxyl groups is 1. The van der Waals surface area contributed by atoms with Gasteiger partial charge in [-0.05, 0) is 24.6 Å². The van der Waals surface area contributed by atoms with Crippen LogP contribution in [0.4, 0.5) is 0 Å². The van der Waals surface area contributed by atoms with Crippen LogP contribution < -0.4 is 5.32 Å². The van der Waals surface area contributed by atoms with Gasteiger partial charge >= 0.3 is 0 Å². The zero-order valence-corrected chi connectivity index (χ0v) is 10.3. The first-order valence-electron chi connectivity index (χ1n) is 5.62. The molecule has 0 unspecified atom stereocenters. The van der Waals surface area contributed by atoms with Crippen LogP contribution in [0.15, 0.2) is 30.5 Å². The number of nitrogens with zero attached hydrogens (tertiary/aromatic N) is 2. The fourth-order valence-electron chi connectivity index (χ4n) is 1.61. The van der Waals surface area contributed by atoms with E-state index in [2.05, 4.69) is 10.4 Å². The fourth-order valence-corrected chi connectivity index (χ4v) is 1.61. The van der Waals surface area contributed by atoms with Crippen molar-refractivity contribution in [1.82, 2.24) is 15.1 Å². The van der Waals surface area contributed by atoms with Crippen molar-refractivity contribution in [3.63, 3.8) is 0 Å². The molecule has 0 aliphatic heterocycles. The molecule has 94 valence electrons. The molecule has 2 N–H and O–H groups in total. The van der Waals surface area contributed by atoms with Crippen LogP contribution in [0.5, 0.6) is 5.75 Å². The van der Waals surface area contributed by atoms with Gasteiger partial charge in [-0.25, -0.2) is 0 Å². The SMILES string of the molecule is Cc1c(C(=O)NCc2ccc(O)cc2)cnn1C.